The minimum atomic E-state index is -1.44. The van der Waals surface area contributed by atoms with Crippen LogP contribution in [0.1, 0.15) is 43.4 Å². The highest BCUT2D eigenvalue weighted by Gasteiger charge is 2.40. The summed E-state index contributed by atoms with van der Waals surface area (Å²) in [6, 6.07) is 10.2. The Labute approximate surface area is 341 Å². The number of likely N-dealkylation sites (N-methyl/N-ethyl adjacent to an activating group) is 3. The van der Waals surface area contributed by atoms with Crippen LogP contribution < -0.4 is 25.4 Å². The molecule has 3 heterocycles. The van der Waals surface area contributed by atoms with Crippen molar-refractivity contribution in [2.24, 2.45) is 0 Å². The number of carbonyl (C=O) groups excluding carboxylic acids is 6. The second-order valence-electron chi connectivity index (χ2n) is 14.9. The molecule has 1 fully saturated rings. The van der Waals surface area contributed by atoms with E-state index in [1.54, 1.807) is 54.6 Å². The topological polar surface area (TPSA) is 224 Å². The number of phenolic OH excluding ortho intramolecular Hbond substituents is 1. The Kier molecular flexibility index (Phi) is 13.8. The van der Waals surface area contributed by atoms with E-state index in [4.69, 9.17) is 9.47 Å². The summed E-state index contributed by atoms with van der Waals surface area (Å²) >= 11 is 0. The van der Waals surface area contributed by atoms with Crippen LogP contribution >= 0.6 is 0 Å². The molecule has 6 bridgehead atoms. The fraction of sp³-hybridized carbons (Fsp3) is 0.405. The van der Waals surface area contributed by atoms with Gasteiger partial charge in [0, 0.05) is 46.8 Å². The number of nitrogens with zero attached hydrogens (tertiary/aromatic N) is 3. The van der Waals surface area contributed by atoms with E-state index in [0.29, 0.717) is 28.2 Å². The van der Waals surface area contributed by atoms with Crippen LogP contribution in [0.25, 0.3) is 0 Å². The van der Waals surface area contributed by atoms with Crippen molar-refractivity contribution < 1.29 is 53.2 Å². The van der Waals surface area contributed by atoms with Gasteiger partial charge in [-0.25, -0.2) is 0 Å². The molecule has 0 aliphatic carbocycles. The summed E-state index contributed by atoms with van der Waals surface area (Å²) in [6.07, 6.45) is -1.04. The number of rotatable bonds is 6. The van der Waals surface area contributed by atoms with Gasteiger partial charge >= 0.3 is 5.97 Å². The number of phenols is 1. The Morgan fingerprint density at radius 1 is 0.729 bits per heavy atom. The van der Waals surface area contributed by atoms with E-state index in [1.807, 2.05) is 0 Å². The van der Waals surface area contributed by atoms with Crippen LogP contribution in [-0.2, 0) is 52.8 Å². The number of hydrogen-bond donors (Lipinski definition) is 5. The van der Waals surface area contributed by atoms with E-state index in [-0.39, 0.29) is 37.2 Å². The third-order valence-corrected chi connectivity index (χ3v) is 10.7. The molecule has 6 amide bonds. The molecule has 3 aliphatic heterocycles. The number of benzene rings is 3. The minimum Gasteiger partial charge on any atom is -0.504 e. The average molecular weight is 815 g/mol. The molecule has 3 aromatic rings. The summed E-state index contributed by atoms with van der Waals surface area (Å²) in [6.45, 7) is 2.81. The fourth-order valence-electron chi connectivity index (χ4n) is 7.04. The van der Waals surface area contributed by atoms with Crippen molar-refractivity contribution in [2.75, 3.05) is 28.3 Å². The summed E-state index contributed by atoms with van der Waals surface area (Å²) in [7, 11) is 5.66. The van der Waals surface area contributed by atoms with Crippen molar-refractivity contribution in [1.82, 2.24) is 30.7 Å². The summed E-state index contributed by atoms with van der Waals surface area (Å²) in [5, 5.41) is 28.0. The highest BCUT2D eigenvalue weighted by Crippen LogP contribution is 2.33. The van der Waals surface area contributed by atoms with Gasteiger partial charge in [0.05, 0.1) is 7.11 Å². The molecule has 6 rings (SSSR count). The number of carbonyl (C=O) groups is 7. The van der Waals surface area contributed by atoms with Crippen molar-refractivity contribution >= 4 is 41.4 Å². The van der Waals surface area contributed by atoms with E-state index in [0.717, 1.165) is 4.90 Å². The molecule has 0 radical (unpaired) electrons. The molecule has 59 heavy (non-hydrogen) atoms. The van der Waals surface area contributed by atoms with Crippen LogP contribution in [0.2, 0.25) is 0 Å². The second-order valence-corrected chi connectivity index (χ2v) is 14.9. The number of amides is 6. The molecule has 0 aromatic heterocycles. The van der Waals surface area contributed by atoms with E-state index in [1.165, 1.54) is 64.0 Å². The first-order valence-electron chi connectivity index (χ1n) is 19.1. The van der Waals surface area contributed by atoms with Crippen LogP contribution in [0, 0.1) is 0 Å². The largest absolute Gasteiger partial charge is 0.504 e. The van der Waals surface area contributed by atoms with Gasteiger partial charge in [-0.05, 0) is 73.4 Å². The Morgan fingerprint density at radius 2 is 1.34 bits per heavy atom. The second kappa shape index (κ2) is 18.7. The van der Waals surface area contributed by atoms with Crippen LogP contribution in [0.3, 0.4) is 0 Å². The van der Waals surface area contributed by atoms with E-state index in [9.17, 15) is 43.8 Å². The van der Waals surface area contributed by atoms with Crippen molar-refractivity contribution in [3.05, 3.63) is 83.4 Å². The third kappa shape index (κ3) is 10.5. The summed E-state index contributed by atoms with van der Waals surface area (Å²) < 4.78 is 11.2. The predicted octanol–water partition coefficient (Wildman–Crippen LogP) is 1.39. The van der Waals surface area contributed by atoms with Crippen molar-refractivity contribution in [3.63, 3.8) is 0 Å². The number of fused-ring (bicyclic) bond motifs is 2. The zero-order chi connectivity index (χ0) is 43.1. The number of ether oxygens (including phenoxy) is 2. The molecule has 3 aliphatic rings. The quantitative estimate of drug-likeness (QED) is 0.239. The molecule has 314 valence electrons. The Bertz CT molecular complexity index is 2080. The number of aliphatic carboxylic acids is 1. The molecular formula is C42H50N6O11. The number of aromatic hydroxyl groups is 1. The number of hydrogen-bond acceptors (Lipinski definition) is 10. The number of carboxylic acids is 1. The SMILES string of the molecule is COc1ccc(C[C@H]2C(=O)N[C@H](C)C(=O)N(C)[C@@H]3Cc4ccc(cc4)Oc4cc(ccc4O)C[C@H](C(=O)N[C@@H](C)C(=O)N[C@@H](CCC(=O)O)C(=O)N2C)N(C)C3=O)cc1. The lowest BCUT2D eigenvalue weighted by Gasteiger charge is -2.37. The molecule has 5 N–H and O–H groups in total. The van der Waals surface area contributed by atoms with Crippen LogP contribution in [0.15, 0.2) is 66.7 Å². The first-order valence-corrected chi connectivity index (χ1v) is 19.1. The molecule has 6 atom stereocenters. The standard InChI is InChI=1S/C42H50N6O11/c1-23-37(52)45-30(16-18-36(50)51)41(56)46(3)31(19-25-7-12-28(58-6)13-8-25)39(54)44-24(2)40(55)48(5)33-20-26-9-14-29(15-10-26)59-35-22-27(11-17-34(35)49)21-32(38(53)43-23)47(4)42(33)57/h7-15,17,22-24,30-33,49H,16,18-21H2,1-6H3,(H,43,53)(H,44,54)(H,45,52)(H,50,51)/t23-,24+,30-,31-,32+,33+/m0/s1. The van der Waals surface area contributed by atoms with Gasteiger partial charge in [0.25, 0.3) is 0 Å². The lowest BCUT2D eigenvalue weighted by molar-refractivity contribution is -0.149. The van der Waals surface area contributed by atoms with Gasteiger partial charge in [-0.1, -0.05) is 30.3 Å². The number of carboxylic acid groups (broad SMARTS) is 1. The maximum atomic E-state index is 14.7. The normalized spacial score (nSPS) is 23.7. The third-order valence-electron chi connectivity index (χ3n) is 10.7. The van der Waals surface area contributed by atoms with Crippen molar-refractivity contribution in [2.45, 2.75) is 82.2 Å². The highest BCUT2D eigenvalue weighted by molar-refractivity contribution is 5.98. The van der Waals surface area contributed by atoms with Gasteiger partial charge in [-0.3, -0.25) is 33.6 Å². The zero-order valence-electron chi connectivity index (χ0n) is 33.8. The minimum absolute atomic E-state index is 0.00881. The Hall–Kier alpha value is -6.65. The Morgan fingerprint density at radius 3 is 1.98 bits per heavy atom. The molecule has 17 nitrogen and oxygen atoms in total. The monoisotopic (exact) mass is 814 g/mol. The highest BCUT2D eigenvalue weighted by atomic mass is 16.5. The van der Waals surface area contributed by atoms with E-state index < -0.39 is 84.1 Å². The van der Waals surface area contributed by atoms with Crippen molar-refractivity contribution in [1.29, 1.82) is 0 Å². The fourth-order valence-corrected chi connectivity index (χ4v) is 7.04. The molecule has 0 unspecified atom stereocenters. The predicted molar refractivity (Wildman–Crippen MR) is 212 cm³/mol. The van der Waals surface area contributed by atoms with E-state index >= 15 is 0 Å². The molecule has 17 heteroatoms. The smallest absolute Gasteiger partial charge is 0.303 e. The molecule has 3 aromatic carbocycles. The number of nitrogens with one attached hydrogen (secondary N) is 3. The first kappa shape index (κ1) is 43.5. The molecule has 0 saturated carbocycles. The number of methoxy groups -OCH3 is 1. The molecule has 0 spiro atoms. The lowest BCUT2D eigenvalue weighted by atomic mass is 9.98. The maximum absolute atomic E-state index is 14.7. The summed E-state index contributed by atoms with van der Waals surface area (Å²) in [5.74, 6) is -4.74. The Balaban J connectivity index is 1.60. The molecular weight excluding hydrogens is 764 g/mol. The molecule has 1 saturated heterocycles. The lowest BCUT2D eigenvalue weighted by Crippen LogP contribution is -2.62. The van der Waals surface area contributed by atoms with Crippen molar-refractivity contribution in [3.8, 4) is 23.0 Å². The van der Waals surface area contributed by atoms with Crippen LogP contribution in [0.4, 0.5) is 0 Å². The van der Waals surface area contributed by atoms with Gasteiger partial charge in [-0.15, -0.1) is 0 Å². The zero-order valence-corrected chi connectivity index (χ0v) is 33.8. The van der Waals surface area contributed by atoms with Gasteiger partial charge in [-0.2, -0.15) is 0 Å². The summed E-state index contributed by atoms with van der Waals surface area (Å²) in [4.78, 5) is 100. The van der Waals surface area contributed by atoms with Gasteiger partial charge in [0.15, 0.2) is 11.5 Å². The summed E-state index contributed by atoms with van der Waals surface area (Å²) in [5.41, 5.74) is 1.73. The first-order chi connectivity index (χ1) is 28.0. The van der Waals surface area contributed by atoms with Gasteiger partial charge in [0.2, 0.25) is 35.4 Å². The van der Waals surface area contributed by atoms with Gasteiger partial charge < -0.3 is 50.3 Å². The maximum Gasteiger partial charge on any atom is 0.303 e. The van der Waals surface area contributed by atoms with Gasteiger partial charge in [0.1, 0.15) is 47.8 Å². The van der Waals surface area contributed by atoms with Crippen LogP contribution in [-0.4, -0.2) is 131 Å². The van der Waals surface area contributed by atoms with Crippen LogP contribution in [0.5, 0.6) is 23.0 Å². The van der Waals surface area contributed by atoms with E-state index in [2.05, 4.69) is 16.0 Å². The average Bonchev–Trinajstić information content (AvgIpc) is 3.21.